The molecule has 2 aromatic carbocycles. The summed E-state index contributed by atoms with van der Waals surface area (Å²) in [4.78, 5) is 51.8. The van der Waals surface area contributed by atoms with Crippen LogP contribution in [0.5, 0.6) is 0 Å². The van der Waals surface area contributed by atoms with Crippen molar-refractivity contribution < 1.29 is 19.2 Å². The number of nitrogens with one attached hydrogen (secondary N) is 1. The zero-order valence-corrected chi connectivity index (χ0v) is 18.9. The highest BCUT2D eigenvalue weighted by Gasteiger charge is 2.21. The molecule has 0 aliphatic carbocycles. The van der Waals surface area contributed by atoms with Crippen LogP contribution in [0.15, 0.2) is 59.5 Å². The minimum Gasteiger partial charge on any atom is -0.465 e. The fourth-order valence-electron chi connectivity index (χ4n) is 3.30. The number of carbonyl (C=O) groups excluding carboxylic acids is 2. The maximum atomic E-state index is 12.5. The molecule has 0 saturated heterocycles. The Labute approximate surface area is 196 Å². The van der Waals surface area contributed by atoms with E-state index in [1.54, 1.807) is 23.5 Å². The molecular weight excluding hydrogens is 460 g/mol. The first-order valence-corrected chi connectivity index (χ1v) is 10.8. The molecule has 0 unspecified atom stereocenters. The van der Waals surface area contributed by atoms with Gasteiger partial charge in [0.15, 0.2) is 0 Å². The van der Waals surface area contributed by atoms with Crippen molar-refractivity contribution in [1.82, 2.24) is 9.55 Å². The van der Waals surface area contributed by atoms with E-state index in [1.165, 1.54) is 0 Å². The van der Waals surface area contributed by atoms with Crippen molar-refractivity contribution in [3.8, 4) is 10.6 Å². The van der Waals surface area contributed by atoms with Crippen LogP contribution in [0.3, 0.4) is 0 Å². The molecule has 0 radical (unpaired) electrons. The van der Waals surface area contributed by atoms with Crippen LogP contribution in [0.2, 0.25) is 0 Å². The van der Waals surface area contributed by atoms with E-state index in [4.69, 9.17) is 0 Å². The van der Waals surface area contributed by atoms with Gasteiger partial charge in [0.2, 0.25) is 5.91 Å². The third-order valence-corrected chi connectivity index (χ3v) is 6.03. The van der Waals surface area contributed by atoms with Crippen molar-refractivity contribution in [3.63, 3.8) is 0 Å². The molecule has 2 heterocycles. The first-order chi connectivity index (χ1) is 16.2. The van der Waals surface area contributed by atoms with Gasteiger partial charge >= 0.3 is 5.97 Å². The number of aryl methyl sites for hydroxylation is 1. The largest absolute Gasteiger partial charge is 0.465 e. The molecule has 1 N–H and O–H groups in total. The molecule has 11 heteroatoms. The predicted octanol–water partition coefficient (Wildman–Crippen LogP) is 3.77. The summed E-state index contributed by atoms with van der Waals surface area (Å²) in [5.74, 6) is -1.62. The van der Waals surface area contributed by atoms with Crippen LogP contribution in [0.4, 0.5) is 11.4 Å². The number of nitrogens with zero attached hydrogens (tertiary/aromatic N) is 3. The number of carbonyl (C=O) groups is 2. The van der Waals surface area contributed by atoms with Crippen molar-refractivity contribution in [1.29, 1.82) is 0 Å². The number of esters is 1. The number of amides is 1. The van der Waals surface area contributed by atoms with Crippen LogP contribution in [-0.4, -0.2) is 33.5 Å². The molecule has 0 aliphatic heterocycles. The number of benzene rings is 2. The van der Waals surface area contributed by atoms with E-state index in [-0.39, 0.29) is 0 Å². The van der Waals surface area contributed by atoms with E-state index in [0.29, 0.717) is 5.69 Å². The second kappa shape index (κ2) is 9.24. The second-order valence-electron chi connectivity index (χ2n) is 7.41. The minimum atomic E-state index is -1.02. The summed E-state index contributed by atoms with van der Waals surface area (Å²) >= 11 is 1.57. The quantitative estimate of drug-likeness (QED) is 0.253. The van der Waals surface area contributed by atoms with Gasteiger partial charge in [-0.15, -0.1) is 11.3 Å². The van der Waals surface area contributed by atoms with Gasteiger partial charge in [-0.2, -0.15) is 0 Å². The third-order valence-electron chi connectivity index (χ3n) is 4.96. The lowest BCUT2D eigenvalue weighted by molar-refractivity contribution is -0.385. The van der Waals surface area contributed by atoms with Crippen LogP contribution < -0.4 is 10.9 Å². The van der Waals surface area contributed by atoms with E-state index in [9.17, 15) is 24.5 Å². The summed E-state index contributed by atoms with van der Waals surface area (Å²) in [6, 6.07) is 13.9. The summed E-state index contributed by atoms with van der Waals surface area (Å²) < 4.78 is 6.39. The Morgan fingerprint density at radius 1 is 1.18 bits per heavy atom. The van der Waals surface area contributed by atoms with Gasteiger partial charge < -0.3 is 10.1 Å². The Morgan fingerprint density at radius 2 is 1.91 bits per heavy atom. The fourth-order valence-corrected chi connectivity index (χ4v) is 4.37. The monoisotopic (exact) mass is 478 g/mol. The summed E-state index contributed by atoms with van der Waals surface area (Å²) in [6.07, 6.45) is 0.909. The van der Waals surface area contributed by atoms with Crippen LogP contribution in [-0.2, 0) is 16.1 Å². The molecule has 0 fully saturated rings. The number of ether oxygens (including phenoxy) is 1. The number of nitro groups is 1. The first kappa shape index (κ1) is 22.8. The third kappa shape index (κ3) is 4.69. The topological polar surface area (TPSA) is 133 Å². The van der Waals surface area contributed by atoms with Crippen molar-refractivity contribution >= 4 is 44.8 Å². The van der Waals surface area contributed by atoms with E-state index in [0.717, 1.165) is 50.3 Å². The van der Waals surface area contributed by atoms with Crippen LogP contribution >= 0.6 is 11.3 Å². The van der Waals surface area contributed by atoms with Crippen LogP contribution in [0.25, 0.3) is 20.8 Å². The maximum absolute atomic E-state index is 12.5. The summed E-state index contributed by atoms with van der Waals surface area (Å²) in [7, 11) is 1.05. The van der Waals surface area contributed by atoms with Gasteiger partial charge in [-0.1, -0.05) is 6.07 Å². The molecule has 34 heavy (non-hydrogen) atoms. The van der Waals surface area contributed by atoms with Crippen molar-refractivity contribution in [2.45, 2.75) is 13.5 Å². The Bertz CT molecular complexity index is 1490. The molecular formula is C23H18N4O6S. The zero-order valence-electron chi connectivity index (χ0n) is 18.1. The number of aromatic nitrogens is 2. The molecule has 4 aromatic rings. The van der Waals surface area contributed by atoms with E-state index >= 15 is 0 Å². The second-order valence-corrected chi connectivity index (χ2v) is 8.44. The van der Waals surface area contributed by atoms with Crippen LogP contribution in [0, 0.1) is 17.0 Å². The predicted molar refractivity (Wildman–Crippen MR) is 127 cm³/mol. The standard InChI is InChI=1S/C23H18N4O6S/c1-13-3-8-18-19(9-13)34-21(25-18)14-4-6-15(7-5-14)24-20(28)12-26-11-16(27(31)32)10-17(22(26)29)23(30)33-2/h3-11H,12H2,1-2H3,(H,24,28). The Balaban J connectivity index is 1.52. The molecule has 172 valence electrons. The maximum Gasteiger partial charge on any atom is 0.343 e. The number of hydrogen-bond donors (Lipinski definition) is 1. The Hall–Kier alpha value is -4.38. The fraction of sp³-hybridized carbons (Fsp3) is 0.130. The van der Waals surface area contributed by atoms with E-state index in [1.807, 2.05) is 31.2 Å². The number of hydrogen-bond acceptors (Lipinski definition) is 8. The lowest BCUT2D eigenvalue weighted by atomic mass is 10.2. The first-order valence-electron chi connectivity index (χ1n) is 10.00. The van der Waals surface area contributed by atoms with Gasteiger partial charge in [0.05, 0.1) is 28.4 Å². The number of fused-ring (bicyclic) bond motifs is 1. The van der Waals surface area contributed by atoms with Gasteiger partial charge in [-0.3, -0.25) is 24.3 Å². The number of anilines is 1. The highest BCUT2D eigenvalue weighted by atomic mass is 32.1. The lowest BCUT2D eigenvalue weighted by Crippen LogP contribution is -2.31. The van der Waals surface area contributed by atoms with Gasteiger partial charge in [-0.25, -0.2) is 9.78 Å². The molecule has 0 aliphatic rings. The van der Waals surface area contributed by atoms with E-state index in [2.05, 4.69) is 21.1 Å². The highest BCUT2D eigenvalue weighted by Crippen LogP contribution is 2.31. The van der Waals surface area contributed by atoms with Crippen LogP contribution in [0.1, 0.15) is 15.9 Å². The molecule has 1 amide bonds. The summed E-state index contributed by atoms with van der Waals surface area (Å²) in [6.45, 7) is 1.50. The van der Waals surface area contributed by atoms with Gasteiger partial charge in [0.1, 0.15) is 17.1 Å². The molecule has 0 bridgehead atoms. The molecule has 10 nitrogen and oxygen atoms in total. The zero-order chi connectivity index (χ0) is 24.4. The summed E-state index contributed by atoms with van der Waals surface area (Å²) in [5, 5.41) is 14.6. The van der Waals surface area contributed by atoms with Crippen molar-refractivity contribution in [2.24, 2.45) is 0 Å². The molecule has 0 atom stereocenters. The Kier molecular flexibility index (Phi) is 6.19. The Morgan fingerprint density at radius 3 is 2.59 bits per heavy atom. The van der Waals surface area contributed by atoms with E-state index < -0.39 is 40.2 Å². The minimum absolute atomic E-state index is 0.470. The number of methoxy groups -OCH3 is 1. The van der Waals surface area contributed by atoms with Crippen molar-refractivity contribution in [2.75, 3.05) is 12.4 Å². The van der Waals surface area contributed by atoms with Gasteiger partial charge in [0.25, 0.3) is 11.2 Å². The normalized spacial score (nSPS) is 10.8. The lowest BCUT2D eigenvalue weighted by Gasteiger charge is -2.09. The molecule has 4 rings (SSSR count). The SMILES string of the molecule is COC(=O)c1cc([N+](=O)[O-])cn(CC(=O)Nc2ccc(-c3nc4ccc(C)cc4s3)cc2)c1=O. The molecule has 2 aromatic heterocycles. The average molecular weight is 478 g/mol. The molecule has 0 saturated carbocycles. The van der Waals surface area contributed by atoms with Gasteiger partial charge in [-0.05, 0) is 48.9 Å². The smallest absolute Gasteiger partial charge is 0.343 e. The highest BCUT2D eigenvalue weighted by molar-refractivity contribution is 7.21. The average Bonchev–Trinajstić information content (AvgIpc) is 3.23. The van der Waals surface area contributed by atoms with Gasteiger partial charge in [0, 0.05) is 17.3 Å². The number of thiazole rings is 1. The number of pyridine rings is 1. The number of rotatable bonds is 6. The summed E-state index contributed by atoms with van der Waals surface area (Å²) in [5.41, 5.74) is 1.52. The molecule has 0 spiro atoms. The van der Waals surface area contributed by atoms with Crippen molar-refractivity contribution in [3.05, 3.63) is 86.3 Å².